The van der Waals surface area contributed by atoms with Crippen LogP contribution in [-0.2, 0) is 32.3 Å². The summed E-state index contributed by atoms with van der Waals surface area (Å²) >= 11 is 0. The molecular weight excluding hydrogens is 442 g/mol. The van der Waals surface area contributed by atoms with Crippen LogP contribution in [0.25, 0.3) is 0 Å². The maximum Gasteiger partial charge on any atom is 0.234 e. The number of likely N-dealkylation sites (tertiary alicyclic amines) is 2. The third kappa shape index (κ3) is 2.90. The van der Waals surface area contributed by atoms with E-state index < -0.39 is 47.1 Å². The number of imide groups is 2. The van der Waals surface area contributed by atoms with E-state index in [2.05, 4.69) is 0 Å². The first-order valence-corrected chi connectivity index (χ1v) is 11.2. The van der Waals surface area contributed by atoms with Crippen molar-refractivity contribution in [2.24, 2.45) is 35.5 Å². The van der Waals surface area contributed by atoms with Crippen molar-refractivity contribution in [1.82, 2.24) is 9.80 Å². The summed E-state index contributed by atoms with van der Waals surface area (Å²) in [5.74, 6) is -6.06. The van der Waals surface area contributed by atoms with Crippen molar-refractivity contribution in [2.75, 3.05) is 0 Å². The molecule has 2 saturated heterocycles. The van der Waals surface area contributed by atoms with Crippen LogP contribution in [0.3, 0.4) is 0 Å². The predicted molar refractivity (Wildman–Crippen MR) is 114 cm³/mol. The van der Waals surface area contributed by atoms with E-state index in [0.29, 0.717) is 11.1 Å². The molecule has 3 aliphatic carbocycles. The highest BCUT2D eigenvalue weighted by molar-refractivity contribution is 6.10. The summed E-state index contributed by atoms with van der Waals surface area (Å²) < 4.78 is 26.5. The Morgan fingerprint density at radius 2 is 0.824 bits per heavy atom. The van der Waals surface area contributed by atoms with Crippen LogP contribution in [0.2, 0.25) is 0 Å². The highest BCUT2D eigenvalue weighted by Gasteiger charge is 2.68. The van der Waals surface area contributed by atoms with Crippen molar-refractivity contribution in [3.63, 3.8) is 0 Å². The number of amides is 4. The number of carbonyl (C=O) groups is 4. The molecule has 2 aliphatic heterocycles. The lowest BCUT2D eigenvalue weighted by atomic mass is 9.54. The quantitative estimate of drug-likeness (QED) is 0.517. The number of halogens is 2. The molecule has 6 nitrogen and oxygen atoms in total. The molecule has 2 heterocycles. The maximum absolute atomic E-state index is 13.3. The Morgan fingerprint density at radius 3 is 1.12 bits per heavy atom. The van der Waals surface area contributed by atoms with Gasteiger partial charge in [-0.25, -0.2) is 8.78 Å². The first kappa shape index (κ1) is 20.9. The molecule has 3 fully saturated rings. The molecule has 5 aliphatic rings. The van der Waals surface area contributed by atoms with E-state index in [9.17, 15) is 28.0 Å². The van der Waals surface area contributed by atoms with Crippen LogP contribution in [0.5, 0.6) is 0 Å². The first-order chi connectivity index (χ1) is 16.3. The fraction of sp³-hybridized carbons (Fsp3) is 0.308. The summed E-state index contributed by atoms with van der Waals surface area (Å²) in [4.78, 5) is 55.7. The van der Waals surface area contributed by atoms with Gasteiger partial charge in [-0.2, -0.15) is 0 Å². The highest BCUT2D eigenvalue weighted by Crippen LogP contribution is 2.58. The van der Waals surface area contributed by atoms with Crippen molar-refractivity contribution >= 4 is 23.6 Å². The lowest BCUT2D eigenvalue weighted by molar-refractivity contribution is -0.140. The molecule has 7 rings (SSSR count). The van der Waals surface area contributed by atoms with Gasteiger partial charge in [0.1, 0.15) is 11.6 Å². The normalized spacial score (nSPS) is 31.5. The molecular formula is C26H20F2N2O4. The zero-order chi connectivity index (χ0) is 23.7. The molecule has 2 unspecified atom stereocenters. The van der Waals surface area contributed by atoms with Crippen molar-refractivity contribution in [1.29, 1.82) is 0 Å². The fourth-order valence-electron chi connectivity index (χ4n) is 6.21. The molecule has 4 amide bonds. The lowest BCUT2D eigenvalue weighted by Gasteiger charge is -2.44. The van der Waals surface area contributed by atoms with E-state index in [0.717, 1.165) is 0 Å². The zero-order valence-electron chi connectivity index (χ0n) is 17.9. The summed E-state index contributed by atoms with van der Waals surface area (Å²) in [7, 11) is 0. The van der Waals surface area contributed by atoms with Crippen molar-refractivity contribution in [3.05, 3.63) is 83.4 Å². The van der Waals surface area contributed by atoms with Gasteiger partial charge in [0.05, 0.1) is 36.8 Å². The molecule has 6 atom stereocenters. The summed E-state index contributed by atoms with van der Waals surface area (Å²) in [5.41, 5.74) is 1.25. The minimum Gasteiger partial charge on any atom is -0.278 e. The molecule has 2 aromatic carbocycles. The van der Waals surface area contributed by atoms with Gasteiger partial charge in [-0.1, -0.05) is 36.4 Å². The molecule has 8 heteroatoms. The van der Waals surface area contributed by atoms with Crippen molar-refractivity contribution in [3.8, 4) is 0 Å². The van der Waals surface area contributed by atoms with Crippen molar-refractivity contribution in [2.45, 2.75) is 13.1 Å². The van der Waals surface area contributed by atoms with Crippen LogP contribution in [-0.4, -0.2) is 33.4 Å². The predicted octanol–water partition coefficient (Wildman–Crippen LogP) is 2.68. The van der Waals surface area contributed by atoms with Crippen LogP contribution >= 0.6 is 0 Å². The average molecular weight is 462 g/mol. The fourth-order valence-corrected chi connectivity index (χ4v) is 6.21. The Morgan fingerprint density at radius 1 is 0.529 bits per heavy atom. The largest absolute Gasteiger partial charge is 0.278 e. The van der Waals surface area contributed by atoms with E-state index >= 15 is 0 Å². The second-order valence-corrected chi connectivity index (χ2v) is 9.42. The Labute approximate surface area is 193 Å². The van der Waals surface area contributed by atoms with E-state index in [-0.39, 0.29) is 36.7 Å². The van der Waals surface area contributed by atoms with E-state index in [1.807, 2.05) is 12.2 Å². The number of benzene rings is 2. The van der Waals surface area contributed by atoms with E-state index in [4.69, 9.17) is 0 Å². The SMILES string of the molecule is O=C1[C@@H]2C3C=CC([C@H]2C(=O)N1Cc1ccc(F)cc1)[C@@H]1C(=O)N(Cc2ccc(F)cc2)C(=O)[C@H]31. The third-order valence-corrected chi connectivity index (χ3v) is 7.70. The Bertz CT molecular complexity index is 1120. The monoisotopic (exact) mass is 462 g/mol. The first-order valence-electron chi connectivity index (χ1n) is 11.2. The van der Waals surface area contributed by atoms with Gasteiger partial charge in [-0.05, 0) is 35.4 Å². The van der Waals surface area contributed by atoms with Gasteiger partial charge in [0.25, 0.3) is 0 Å². The summed E-state index contributed by atoms with van der Waals surface area (Å²) in [5, 5.41) is 0. The molecule has 0 N–H and O–H groups in total. The molecule has 0 spiro atoms. The van der Waals surface area contributed by atoms with Gasteiger partial charge in [-0.3, -0.25) is 29.0 Å². The number of hydrogen-bond acceptors (Lipinski definition) is 4. The second-order valence-electron chi connectivity index (χ2n) is 9.42. The van der Waals surface area contributed by atoms with Gasteiger partial charge in [0, 0.05) is 11.8 Å². The molecule has 2 bridgehead atoms. The molecule has 34 heavy (non-hydrogen) atoms. The standard InChI is InChI=1S/C26H20F2N2O4/c27-15-5-1-13(2-6-15)11-29-23(31)19-17-9-10-18(20(19)24(29)32)22-21(17)25(33)30(26(22)34)12-14-3-7-16(28)8-4-14/h1-10,17-22H,11-12H2/t17?,18?,19-,20-,21-,22+/m1/s1. The van der Waals surface area contributed by atoms with Gasteiger partial charge < -0.3 is 0 Å². The minimum absolute atomic E-state index is 0.0261. The van der Waals surface area contributed by atoms with E-state index in [1.54, 1.807) is 0 Å². The van der Waals surface area contributed by atoms with Crippen molar-refractivity contribution < 1.29 is 28.0 Å². The van der Waals surface area contributed by atoms with Gasteiger partial charge in [-0.15, -0.1) is 0 Å². The number of hydrogen-bond donors (Lipinski definition) is 0. The summed E-state index contributed by atoms with van der Waals surface area (Å²) in [6.07, 6.45) is 3.62. The highest BCUT2D eigenvalue weighted by atomic mass is 19.1. The summed E-state index contributed by atoms with van der Waals surface area (Å²) in [6, 6.07) is 11.2. The van der Waals surface area contributed by atoms with Crippen LogP contribution in [0.1, 0.15) is 11.1 Å². The van der Waals surface area contributed by atoms with Gasteiger partial charge >= 0.3 is 0 Å². The van der Waals surface area contributed by atoms with Gasteiger partial charge in [0.15, 0.2) is 0 Å². The maximum atomic E-state index is 13.3. The molecule has 0 aromatic heterocycles. The van der Waals surface area contributed by atoms with Crippen LogP contribution < -0.4 is 0 Å². The number of allylic oxidation sites excluding steroid dienone is 2. The number of carbonyl (C=O) groups excluding carboxylic acids is 4. The second kappa shape index (κ2) is 7.41. The average Bonchev–Trinajstić information content (AvgIpc) is 3.25. The molecule has 172 valence electrons. The number of rotatable bonds is 4. The van der Waals surface area contributed by atoms with Crippen LogP contribution in [0, 0.1) is 47.1 Å². The smallest absolute Gasteiger partial charge is 0.234 e. The third-order valence-electron chi connectivity index (χ3n) is 7.70. The van der Waals surface area contributed by atoms with E-state index in [1.165, 1.54) is 58.3 Å². The lowest BCUT2D eigenvalue weighted by Crippen LogP contribution is -2.50. The Balaban J connectivity index is 1.28. The van der Waals surface area contributed by atoms with Crippen LogP contribution in [0.4, 0.5) is 8.78 Å². The zero-order valence-corrected chi connectivity index (χ0v) is 17.9. The minimum atomic E-state index is -0.688. The molecule has 0 radical (unpaired) electrons. The van der Waals surface area contributed by atoms with Crippen LogP contribution in [0.15, 0.2) is 60.7 Å². The molecule has 2 aromatic rings. The summed E-state index contributed by atoms with van der Waals surface area (Å²) in [6.45, 7) is 0.0522. The Kier molecular flexibility index (Phi) is 4.56. The Hall–Kier alpha value is -3.68. The number of nitrogens with zero attached hydrogens (tertiary/aromatic N) is 2. The van der Waals surface area contributed by atoms with Gasteiger partial charge in [0.2, 0.25) is 23.6 Å². The molecule has 1 saturated carbocycles. The topological polar surface area (TPSA) is 74.8 Å².